The van der Waals surface area contributed by atoms with Crippen molar-refractivity contribution in [3.8, 4) is 22.5 Å². The van der Waals surface area contributed by atoms with Gasteiger partial charge in [0.05, 0.1) is 18.3 Å². The van der Waals surface area contributed by atoms with E-state index in [1.165, 1.54) is 0 Å². The number of carbonyl (C=O) groups excluding carboxylic acids is 1. The highest BCUT2D eigenvalue weighted by atomic mass is 16.2. The van der Waals surface area contributed by atoms with Gasteiger partial charge in [0.25, 0.3) is 0 Å². The largest absolute Gasteiger partial charge is 0.329 e. The summed E-state index contributed by atoms with van der Waals surface area (Å²) in [5.41, 5.74) is 4.50. The summed E-state index contributed by atoms with van der Waals surface area (Å²) >= 11 is 0. The number of H-pyrrole nitrogens is 1. The van der Waals surface area contributed by atoms with Crippen molar-refractivity contribution in [2.45, 2.75) is 71.4 Å². The molecule has 9 heteroatoms. The number of aryl methyl sites for hydroxylation is 1. The first-order valence-corrected chi connectivity index (χ1v) is 13.2. The van der Waals surface area contributed by atoms with Gasteiger partial charge in [-0.25, -0.2) is 4.79 Å². The number of tetrazole rings is 1. The zero-order chi connectivity index (χ0) is 25.8. The summed E-state index contributed by atoms with van der Waals surface area (Å²) in [5.74, 6) is 0.926. The van der Waals surface area contributed by atoms with Crippen molar-refractivity contribution in [2.24, 2.45) is 5.92 Å². The number of aromatic amines is 1. The molecule has 1 saturated carbocycles. The van der Waals surface area contributed by atoms with Crippen LogP contribution in [0.25, 0.3) is 22.5 Å². The minimum absolute atomic E-state index is 0.115. The summed E-state index contributed by atoms with van der Waals surface area (Å²) in [6.07, 6.45) is 9.87. The van der Waals surface area contributed by atoms with Crippen molar-refractivity contribution in [2.75, 3.05) is 0 Å². The second-order valence-corrected chi connectivity index (χ2v) is 9.82. The highest BCUT2D eigenvalue weighted by Crippen LogP contribution is 2.33. The Labute approximate surface area is 216 Å². The van der Waals surface area contributed by atoms with E-state index < -0.39 is 0 Å². The van der Waals surface area contributed by atoms with E-state index in [0.29, 0.717) is 18.8 Å². The lowest BCUT2D eigenvalue weighted by Crippen LogP contribution is -2.37. The van der Waals surface area contributed by atoms with Gasteiger partial charge < -0.3 is 0 Å². The van der Waals surface area contributed by atoms with Crippen molar-refractivity contribution in [3.63, 3.8) is 0 Å². The van der Waals surface area contributed by atoms with Gasteiger partial charge in [-0.05, 0) is 66.1 Å². The molecule has 2 atom stereocenters. The van der Waals surface area contributed by atoms with E-state index >= 15 is 0 Å². The number of imidazole rings is 1. The Kier molecular flexibility index (Phi) is 7.39. The highest BCUT2D eigenvalue weighted by molar-refractivity contribution is 5.83. The molecule has 0 spiro atoms. The van der Waals surface area contributed by atoms with Gasteiger partial charge in [-0.1, -0.05) is 44.9 Å². The van der Waals surface area contributed by atoms with Gasteiger partial charge in [0.1, 0.15) is 0 Å². The second kappa shape index (κ2) is 11.0. The first kappa shape index (κ1) is 24.8. The summed E-state index contributed by atoms with van der Waals surface area (Å²) in [7, 11) is 0. The van der Waals surface area contributed by atoms with Crippen LogP contribution in [0.4, 0.5) is 0 Å². The van der Waals surface area contributed by atoms with Crippen molar-refractivity contribution < 1.29 is 4.79 Å². The molecule has 4 aromatic rings. The zero-order valence-electron chi connectivity index (χ0n) is 21.4. The number of hydrogen-bond acceptors (Lipinski definition) is 6. The molecular formula is C28H33N7O2. The number of carbonyl (C=O) groups is 1. The van der Waals surface area contributed by atoms with Crippen molar-refractivity contribution in [3.05, 3.63) is 70.7 Å². The molecule has 0 radical (unpaired) electrons. The van der Waals surface area contributed by atoms with Crippen molar-refractivity contribution in [1.82, 2.24) is 34.7 Å². The third kappa shape index (κ3) is 5.16. The molecule has 9 nitrogen and oxygen atoms in total. The van der Waals surface area contributed by atoms with E-state index in [0.717, 1.165) is 66.6 Å². The zero-order valence-corrected chi connectivity index (χ0v) is 21.4. The number of hydrogen-bond donors (Lipinski definition) is 1. The first-order chi connectivity index (χ1) is 18.1. The lowest BCUT2D eigenvalue weighted by molar-refractivity contribution is -0.126. The average molecular weight is 500 g/mol. The molecule has 5 rings (SSSR count). The molecule has 0 aliphatic heterocycles. The monoisotopic (exact) mass is 499 g/mol. The molecule has 1 N–H and O–H groups in total. The topological polar surface area (TPSA) is 111 Å². The van der Waals surface area contributed by atoms with Crippen LogP contribution in [0.15, 0.2) is 53.6 Å². The standard InChI is InChI=1S/C28H33N7O2/c1-3-5-11-24-18-35(26-19(4-2)8-7-12-25(26)36)28(37)34(24)17-23-16-21(13-14-29-23)20-9-6-10-22(15-20)27-30-32-33-31-27/h6,9-10,13-16,18-19,26H,3-5,7-8,11-12,17H2,1-2H3,(H,30,31,32,33). The Morgan fingerprint density at radius 3 is 2.70 bits per heavy atom. The molecular weight excluding hydrogens is 466 g/mol. The van der Waals surface area contributed by atoms with Crippen LogP contribution < -0.4 is 5.69 Å². The Bertz CT molecular complexity index is 1420. The van der Waals surface area contributed by atoms with Gasteiger partial charge in [-0.2, -0.15) is 5.21 Å². The van der Waals surface area contributed by atoms with Crippen LogP contribution in [-0.2, 0) is 17.8 Å². The summed E-state index contributed by atoms with van der Waals surface area (Å²) < 4.78 is 3.53. The molecule has 192 valence electrons. The maximum absolute atomic E-state index is 13.7. The molecule has 0 amide bonds. The Balaban J connectivity index is 1.48. The van der Waals surface area contributed by atoms with Crippen LogP contribution in [-0.4, -0.2) is 40.5 Å². The van der Waals surface area contributed by atoms with Crippen LogP contribution in [0.2, 0.25) is 0 Å². The average Bonchev–Trinajstić information content (AvgIpc) is 3.57. The summed E-state index contributed by atoms with van der Waals surface area (Å²) in [6, 6.07) is 11.5. The predicted molar refractivity (Wildman–Crippen MR) is 141 cm³/mol. The third-order valence-electron chi connectivity index (χ3n) is 7.41. The summed E-state index contributed by atoms with van der Waals surface area (Å²) in [6.45, 7) is 4.62. The highest BCUT2D eigenvalue weighted by Gasteiger charge is 2.34. The Morgan fingerprint density at radius 1 is 1.08 bits per heavy atom. The fourth-order valence-electron chi connectivity index (χ4n) is 5.42. The number of rotatable bonds is 9. The maximum Gasteiger partial charge on any atom is 0.329 e. The number of nitrogens with zero attached hydrogens (tertiary/aromatic N) is 6. The van der Waals surface area contributed by atoms with E-state index in [-0.39, 0.29) is 23.4 Å². The van der Waals surface area contributed by atoms with E-state index in [4.69, 9.17) is 0 Å². The van der Waals surface area contributed by atoms with Crippen LogP contribution in [0.1, 0.15) is 69.8 Å². The number of unbranched alkanes of at least 4 members (excludes halogenated alkanes) is 1. The maximum atomic E-state index is 13.7. The van der Waals surface area contributed by atoms with Gasteiger partial charge in [-0.3, -0.25) is 18.9 Å². The lowest BCUT2D eigenvalue weighted by Gasteiger charge is -2.29. The van der Waals surface area contributed by atoms with Gasteiger partial charge >= 0.3 is 5.69 Å². The van der Waals surface area contributed by atoms with Gasteiger partial charge in [-0.15, -0.1) is 10.2 Å². The van der Waals surface area contributed by atoms with Crippen molar-refractivity contribution in [1.29, 1.82) is 0 Å². The molecule has 1 aliphatic carbocycles. The number of aromatic nitrogens is 7. The number of ketones is 1. The molecule has 0 saturated heterocycles. The molecule has 3 heterocycles. The van der Waals surface area contributed by atoms with E-state index in [2.05, 4.69) is 39.5 Å². The van der Waals surface area contributed by atoms with Crippen molar-refractivity contribution >= 4 is 5.78 Å². The van der Waals surface area contributed by atoms with Crippen LogP contribution in [0.3, 0.4) is 0 Å². The molecule has 1 aromatic carbocycles. The summed E-state index contributed by atoms with van der Waals surface area (Å²) in [4.78, 5) is 31.2. The quantitative estimate of drug-likeness (QED) is 0.360. The number of pyridine rings is 1. The molecule has 1 aliphatic rings. The fraction of sp³-hybridized carbons (Fsp3) is 0.429. The molecule has 37 heavy (non-hydrogen) atoms. The van der Waals surface area contributed by atoms with E-state index in [1.807, 2.05) is 47.2 Å². The second-order valence-electron chi connectivity index (χ2n) is 9.82. The smallest absolute Gasteiger partial charge is 0.297 e. The normalized spacial score (nSPS) is 17.8. The predicted octanol–water partition coefficient (Wildman–Crippen LogP) is 4.60. The van der Waals surface area contributed by atoms with Crippen LogP contribution in [0, 0.1) is 5.92 Å². The Hall–Kier alpha value is -3.88. The fourth-order valence-corrected chi connectivity index (χ4v) is 5.42. The number of nitrogens with one attached hydrogen (secondary N) is 1. The SMILES string of the molecule is CCCCc1cn(C2C(=O)CCCC2CC)c(=O)n1Cc1cc(-c2cccc(-c3nn[nH]n3)c2)ccn1. The molecule has 0 bridgehead atoms. The first-order valence-electron chi connectivity index (χ1n) is 13.2. The van der Waals surface area contributed by atoms with Gasteiger partial charge in [0.2, 0.25) is 5.82 Å². The minimum Gasteiger partial charge on any atom is -0.297 e. The minimum atomic E-state index is -0.361. The van der Waals surface area contributed by atoms with E-state index in [9.17, 15) is 9.59 Å². The Morgan fingerprint density at radius 2 is 1.92 bits per heavy atom. The third-order valence-corrected chi connectivity index (χ3v) is 7.41. The van der Waals surface area contributed by atoms with Gasteiger partial charge in [0.15, 0.2) is 5.78 Å². The molecule has 1 fully saturated rings. The number of benzene rings is 1. The lowest BCUT2D eigenvalue weighted by atomic mass is 9.82. The summed E-state index contributed by atoms with van der Waals surface area (Å²) in [5, 5.41) is 14.3. The van der Waals surface area contributed by atoms with Crippen LogP contribution in [0.5, 0.6) is 0 Å². The van der Waals surface area contributed by atoms with Crippen LogP contribution >= 0.6 is 0 Å². The molecule has 2 unspecified atom stereocenters. The number of Topliss-reactive ketones (excluding diaryl/α,β-unsaturated/α-hetero) is 1. The van der Waals surface area contributed by atoms with Gasteiger partial charge in [0, 0.05) is 30.1 Å². The van der Waals surface area contributed by atoms with E-state index in [1.54, 1.807) is 10.8 Å². The molecule has 3 aromatic heterocycles.